The molecule has 4 nitrogen and oxygen atoms in total. The molecule has 25 heavy (non-hydrogen) atoms. The second-order valence-corrected chi connectivity index (χ2v) is 7.82. The largest absolute Gasteiger partial charge is 0.484 e. The molecule has 1 amide bonds. The maximum atomic E-state index is 12.5. The third-order valence-electron chi connectivity index (χ3n) is 3.51. The Morgan fingerprint density at radius 1 is 1.16 bits per heavy atom. The third kappa shape index (κ3) is 4.91. The molecule has 0 aromatic heterocycles. The predicted molar refractivity (Wildman–Crippen MR) is 104 cm³/mol. The van der Waals surface area contributed by atoms with Crippen LogP contribution in [-0.2, 0) is 4.79 Å². The quantitative estimate of drug-likeness (QED) is 0.730. The number of rotatable bonds is 4. The average molecular weight is 395 g/mol. The maximum Gasteiger partial charge on any atom is 0.266 e. The van der Waals surface area contributed by atoms with Gasteiger partial charge in [-0.3, -0.25) is 9.69 Å². The summed E-state index contributed by atoms with van der Waals surface area (Å²) in [5.74, 6) is 0.480. The summed E-state index contributed by atoms with van der Waals surface area (Å²) >= 11 is 13.3. The van der Waals surface area contributed by atoms with Crippen LogP contribution in [0.1, 0.15) is 6.92 Å². The lowest BCUT2D eigenvalue weighted by Crippen LogP contribution is -2.36. The molecule has 7 heteroatoms. The Kier molecular flexibility index (Phi) is 5.89. The number of carbonyl (C=O) groups is 1. The number of nitrogens with zero attached hydrogens (tertiary/aromatic N) is 2. The lowest BCUT2D eigenvalue weighted by atomic mass is 10.3. The molecule has 0 unspecified atom stereocenters. The van der Waals surface area contributed by atoms with Crippen LogP contribution in [0.3, 0.4) is 0 Å². The SMILES string of the molecule is C[C@@H]1CN(C(=O)COc2ccc(Cl)cc2)C(=Nc2ccc(Cl)cc2)S1. The summed E-state index contributed by atoms with van der Waals surface area (Å²) < 4.78 is 5.55. The highest BCUT2D eigenvalue weighted by Gasteiger charge is 2.31. The number of amides is 1. The van der Waals surface area contributed by atoms with Gasteiger partial charge in [-0.1, -0.05) is 41.9 Å². The van der Waals surface area contributed by atoms with Crippen molar-refractivity contribution in [3.8, 4) is 5.75 Å². The summed E-state index contributed by atoms with van der Waals surface area (Å²) in [4.78, 5) is 18.8. The van der Waals surface area contributed by atoms with Gasteiger partial charge in [0.15, 0.2) is 11.8 Å². The zero-order chi connectivity index (χ0) is 17.8. The Labute approximate surface area is 160 Å². The lowest BCUT2D eigenvalue weighted by molar-refractivity contribution is -0.129. The van der Waals surface area contributed by atoms with Crippen LogP contribution in [0.4, 0.5) is 5.69 Å². The summed E-state index contributed by atoms with van der Waals surface area (Å²) in [6, 6.07) is 14.1. The fourth-order valence-electron chi connectivity index (χ4n) is 2.29. The van der Waals surface area contributed by atoms with Gasteiger partial charge in [-0.25, -0.2) is 4.99 Å². The van der Waals surface area contributed by atoms with Gasteiger partial charge in [-0.15, -0.1) is 0 Å². The standard InChI is InChI=1S/C18H16Cl2N2O2S/c1-12-10-22(17(23)11-24-16-8-4-14(20)5-9-16)18(25-12)21-15-6-2-13(19)3-7-15/h2-9,12H,10-11H2,1H3/t12-/m1/s1. The average Bonchev–Trinajstić information content (AvgIpc) is 2.96. The van der Waals surface area contributed by atoms with Crippen LogP contribution in [0.25, 0.3) is 0 Å². The smallest absolute Gasteiger partial charge is 0.266 e. The minimum Gasteiger partial charge on any atom is -0.484 e. The molecule has 2 aromatic carbocycles. The van der Waals surface area contributed by atoms with E-state index in [4.69, 9.17) is 27.9 Å². The molecule has 1 aliphatic rings. The first-order valence-corrected chi connectivity index (χ1v) is 9.34. The van der Waals surface area contributed by atoms with Crippen molar-refractivity contribution in [2.75, 3.05) is 13.2 Å². The van der Waals surface area contributed by atoms with E-state index in [1.807, 2.05) is 12.1 Å². The van der Waals surface area contributed by atoms with Crippen molar-refractivity contribution in [2.24, 2.45) is 4.99 Å². The van der Waals surface area contributed by atoms with Gasteiger partial charge in [0, 0.05) is 21.8 Å². The second-order valence-electron chi connectivity index (χ2n) is 5.55. The molecule has 0 saturated carbocycles. The number of halogens is 2. The minimum absolute atomic E-state index is 0.0471. The monoisotopic (exact) mass is 394 g/mol. The highest BCUT2D eigenvalue weighted by Crippen LogP contribution is 2.29. The van der Waals surface area contributed by atoms with E-state index in [0.29, 0.717) is 27.5 Å². The van der Waals surface area contributed by atoms with E-state index in [-0.39, 0.29) is 17.8 Å². The molecule has 0 bridgehead atoms. The van der Waals surface area contributed by atoms with E-state index in [2.05, 4.69) is 11.9 Å². The number of ether oxygens (including phenoxy) is 1. The number of thioether (sulfide) groups is 1. The summed E-state index contributed by atoms with van der Waals surface area (Å²) in [5, 5.41) is 2.24. The number of amidine groups is 1. The maximum absolute atomic E-state index is 12.5. The molecule has 1 atom stereocenters. The fraction of sp³-hybridized carbons (Fsp3) is 0.222. The van der Waals surface area contributed by atoms with E-state index < -0.39 is 0 Å². The molecule has 0 N–H and O–H groups in total. The number of hydrogen-bond donors (Lipinski definition) is 0. The van der Waals surface area contributed by atoms with Crippen molar-refractivity contribution in [1.29, 1.82) is 0 Å². The van der Waals surface area contributed by atoms with Crippen molar-refractivity contribution in [3.63, 3.8) is 0 Å². The predicted octanol–water partition coefficient (Wildman–Crippen LogP) is 5.02. The van der Waals surface area contributed by atoms with Gasteiger partial charge in [0.2, 0.25) is 0 Å². The van der Waals surface area contributed by atoms with Crippen molar-refractivity contribution in [1.82, 2.24) is 4.90 Å². The molecule has 2 aromatic rings. The van der Waals surface area contributed by atoms with Crippen LogP contribution in [0.2, 0.25) is 10.0 Å². The molecule has 1 fully saturated rings. The highest BCUT2D eigenvalue weighted by atomic mass is 35.5. The molecule has 1 heterocycles. The number of hydrogen-bond acceptors (Lipinski definition) is 4. The molecule has 1 aliphatic heterocycles. The van der Waals surface area contributed by atoms with Crippen LogP contribution >= 0.6 is 35.0 Å². The van der Waals surface area contributed by atoms with Crippen molar-refractivity contribution in [3.05, 3.63) is 58.6 Å². The van der Waals surface area contributed by atoms with E-state index in [1.54, 1.807) is 53.1 Å². The van der Waals surface area contributed by atoms with Gasteiger partial charge >= 0.3 is 0 Å². The van der Waals surface area contributed by atoms with Crippen LogP contribution in [0, 0.1) is 0 Å². The summed E-state index contributed by atoms with van der Waals surface area (Å²) in [7, 11) is 0. The summed E-state index contributed by atoms with van der Waals surface area (Å²) in [5.41, 5.74) is 0.761. The Balaban J connectivity index is 1.69. The van der Waals surface area contributed by atoms with Gasteiger partial charge < -0.3 is 4.74 Å². The lowest BCUT2D eigenvalue weighted by Gasteiger charge is -2.16. The second kappa shape index (κ2) is 8.13. The first-order valence-electron chi connectivity index (χ1n) is 7.71. The molecular weight excluding hydrogens is 379 g/mol. The highest BCUT2D eigenvalue weighted by molar-refractivity contribution is 8.14. The van der Waals surface area contributed by atoms with Crippen molar-refractivity contribution in [2.45, 2.75) is 12.2 Å². The van der Waals surface area contributed by atoms with E-state index in [9.17, 15) is 4.79 Å². The number of aliphatic imine (C=N–C) groups is 1. The van der Waals surface area contributed by atoms with E-state index in [1.165, 1.54) is 0 Å². The molecule has 1 saturated heterocycles. The van der Waals surface area contributed by atoms with Crippen LogP contribution in [-0.4, -0.2) is 34.4 Å². The van der Waals surface area contributed by atoms with Gasteiger partial charge in [0.25, 0.3) is 5.91 Å². The molecule has 0 spiro atoms. The summed E-state index contributed by atoms with van der Waals surface area (Å²) in [6.45, 7) is 2.63. The first-order chi connectivity index (χ1) is 12.0. The zero-order valence-corrected chi connectivity index (χ0v) is 15.8. The molecular formula is C18H16Cl2N2O2S. The molecule has 130 valence electrons. The Hall–Kier alpha value is -1.69. The first kappa shape index (κ1) is 18.1. The van der Waals surface area contributed by atoms with Gasteiger partial charge in [0.1, 0.15) is 5.75 Å². The topological polar surface area (TPSA) is 41.9 Å². The Bertz CT molecular complexity index is 779. The molecule has 0 radical (unpaired) electrons. The van der Waals surface area contributed by atoms with Gasteiger partial charge in [-0.2, -0.15) is 0 Å². The van der Waals surface area contributed by atoms with Crippen molar-refractivity contribution >= 4 is 51.7 Å². The third-order valence-corrected chi connectivity index (χ3v) is 5.08. The van der Waals surface area contributed by atoms with Crippen LogP contribution in [0.15, 0.2) is 53.5 Å². The van der Waals surface area contributed by atoms with Crippen molar-refractivity contribution < 1.29 is 9.53 Å². The van der Waals surface area contributed by atoms with E-state index >= 15 is 0 Å². The fourth-order valence-corrected chi connectivity index (χ4v) is 3.59. The van der Waals surface area contributed by atoms with Crippen LogP contribution < -0.4 is 4.74 Å². The molecule has 3 rings (SSSR count). The Morgan fingerprint density at radius 3 is 2.40 bits per heavy atom. The Morgan fingerprint density at radius 2 is 1.76 bits per heavy atom. The normalized spacial score (nSPS) is 18.6. The van der Waals surface area contributed by atoms with Gasteiger partial charge in [0.05, 0.1) is 5.69 Å². The van der Waals surface area contributed by atoms with Crippen LogP contribution in [0.5, 0.6) is 5.75 Å². The number of benzene rings is 2. The zero-order valence-electron chi connectivity index (χ0n) is 13.5. The minimum atomic E-state index is -0.125. The van der Waals surface area contributed by atoms with E-state index in [0.717, 1.165) is 5.69 Å². The summed E-state index contributed by atoms with van der Waals surface area (Å²) in [6.07, 6.45) is 0. The molecule has 0 aliphatic carbocycles. The number of carbonyl (C=O) groups excluding carboxylic acids is 1. The van der Waals surface area contributed by atoms with Gasteiger partial charge in [-0.05, 0) is 48.5 Å².